The summed E-state index contributed by atoms with van der Waals surface area (Å²) < 4.78 is 28.7. The molecule has 1 aliphatic rings. The van der Waals surface area contributed by atoms with Crippen LogP contribution in [0.1, 0.15) is 31.1 Å². The van der Waals surface area contributed by atoms with Gasteiger partial charge in [-0.15, -0.1) is 10.2 Å². The lowest BCUT2D eigenvalue weighted by molar-refractivity contribution is 0.308. The molecule has 164 valence electrons. The summed E-state index contributed by atoms with van der Waals surface area (Å²) in [6.07, 6.45) is 5.14. The fraction of sp³-hybridized carbons (Fsp3) is 0.524. The van der Waals surface area contributed by atoms with Crippen LogP contribution in [0.4, 0.5) is 5.69 Å². The van der Waals surface area contributed by atoms with E-state index in [0.717, 1.165) is 38.4 Å². The van der Waals surface area contributed by atoms with Crippen molar-refractivity contribution < 1.29 is 8.42 Å². The highest BCUT2D eigenvalue weighted by molar-refractivity contribution is 7.90. The number of nitrogens with one attached hydrogen (secondary N) is 1. The van der Waals surface area contributed by atoms with E-state index < -0.39 is 15.3 Å². The molecule has 1 aliphatic heterocycles. The third kappa shape index (κ3) is 5.68. The minimum Gasteiger partial charge on any atom is -0.378 e. The lowest BCUT2D eigenvalue weighted by atomic mass is 10.2. The first-order valence-electron chi connectivity index (χ1n) is 10.3. The molecule has 1 N–H and O–H groups in total. The smallest absolute Gasteiger partial charge is 0.214 e. The zero-order valence-corrected chi connectivity index (χ0v) is 19.1. The summed E-state index contributed by atoms with van der Waals surface area (Å²) in [6.45, 7) is 6.90. The van der Waals surface area contributed by atoms with Gasteiger partial charge in [0, 0.05) is 52.4 Å². The molecule has 0 amide bonds. The highest BCUT2D eigenvalue weighted by atomic mass is 32.2. The van der Waals surface area contributed by atoms with Gasteiger partial charge in [0.15, 0.2) is 0 Å². The van der Waals surface area contributed by atoms with Crippen LogP contribution < -0.4 is 9.62 Å². The van der Waals surface area contributed by atoms with Crippen LogP contribution in [0.25, 0.3) is 6.08 Å². The average Bonchev–Trinajstić information content (AvgIpc) is 2.99. The Labute approximate surface area is 179 Å². The molecule has 0 spiro atoms. The van der Waals surface area contributed by atoms with Crippen molar-refractivity contribution in [1.82, 2.24) is 24.4 Å². The first-order valence-corrected chi connectivity index (χ1v) is 11.9. The topological polar surface area (TPSA) is 83.4 Å². The Hall–Kier alpha value is -2.23. The number of aromatic nitrogens is 3. The zero-order valence-electron chi connectivity index (χ0n) is 18.2. The highest BCUT2D eigenvalue weighted by Gasteiger charge is 2.20. The molecule has 0 radical (unpaired) electrons. The van der Waals surface area contributed by atoms with Crippen LogP contribution in [-0.2, 0) is 29.5 Å². The fourth-order valence-electron chi connectivity index (χ4n) is 3.29. The summed E-state index contributed by atoms with van der Waals surface area (Å²) in [5, 5.41) is 8.01. The number of benzene rings is 1. The Kier molecular flexibility index (Phi) is 7.27. The molecule has 0 atom stereocenters. The van der Waals surface area contributed by atoms with E-state index in [9.17, 15) is 8.42 Å². The van der Waals surface area contributed by atoms with Gasteiger partial charge in [-0.05, 0) is 31.5 Å². The predicted molar refractivity (Wildman–Crippen MR) is 121 cm³/mol. The largest absolute Gasteiger partial charge is 0.378 e. The van der Waals surface area contributed by atoms with Gasteiger partial charge in [-0.1, -0.05) is 24.3 Å². The average molecular weight is 433 g/mol. The number of fused-ring (bicyclic) bond motifs is 1. The summed E-state index contributed by atoms with van der Waals surface area (Å²) >= 11 is 0. The lowest BCUT2D eigenvalue weighted by Crippen LogP contribution is -2.32. The van der Waals surface area contributed by atoms with Crippen LogP contribution in [0.2, 0.25) is 0 Å². The van der Waals surface area contributed by atoms with Crippen molar-refractivity contribution >= 4 is 21.8 Å². The molecule has 1 aromatic carbocycles. The van der Waals surface area contributed by atoms with Crippen LogP contribution in [0.3, 0.4) is 0 Å². The monoisotopic (exact) mass is 432 g/mol. The van der Waals surface area contributed by atoms with Gasteiger partial charge in [0.1, 0.15) is 11.6 Å². The molecule has 0 unspecified atom stereocenters. The molecule has 0 bridgehead atoms. The number of hydrogen-bond acceptors (Lipinski definition) is 6. The third-order valence-corrected chi connectivity index (χ3v) is 7.12. The molecular formula is C21H32N6O2S. The SMILES string of the molecule is CC(C)S(=O)(=O)NCc1nnc2n1CCN(C/C=C/c1ccc(N(C)C)cc1)CC2. The van der Waals surface area contributed by atoms with E-state index in [2.05, 4.69) is 61.1 Å². The van der Waals surface area contributed by atoms with Gasteiger partial charge in [-0.2, -0.15) is 0 Å². The van der Waals surface area contributed by atoms with Crippen molar-refractivity contribution in [1.29, 1.82) is 0 Å². The molecule has 0 fully saturated rings. The first-order chi connectivity index (χ1) is 14.3. The van der Waals surface area contributed by atoms with Gasteiger partial charge < -0.3 is 9.47 Å². The van der Waals surface area contributed by atoms with Crippen LogP contribution in [0, 0.1) is 0 Å². The molecule has 0 aliphatic carbocycles. The van der Waals surface area contributed by atoms with E-state index in [1.165, 1.54) is 11.3 Å². The molecule has 2 heterocycles. The van der Waals surface area contributed by atoms with Gasteiger partial charge in [-0.25, -0.2) is 13.1 Å². The van der Waals surface area contributed by atoms with Crippen LogP contribution in [0.5, 0.6) is 0 Å². The molecule has 3 rings (SSSR count). The zero-order chi connectivity index (χ0) is 21.7. The second kappa shape index (κ2) is 9.72. The van der Waals surface area contributed by atoms with Gasteiger partial charge in [0.25, 0.3) is 0 Å². The standard InChI is InChI=1S/C21H32N6O2S/c1-17(2)30(28,29)22-16-21-24-23-20-11-13-26(14-15-27(20)21)12-5-6-18-7-9-19(10-8-18)25(3)4/h5-10,17,22H,11-16H2,1-4H3/b6-5+. The summed E-state index contributed by atoms with van der Waals surface area (Å²) in [5.74, 6) is 1.59. The molecular weight excluding hydrogens is 400 g/mol. The summed E-state index contributed by atoms with van der Waals surface area (Å²) in [6, 6.07) is 8.49. The van der Waals surface area contributed by atoms with Gasteiger partial charge in [0.2, 0.25) is 10.0 Å². The van der Waals surface area contributed by atoms with Gasteiger partial charge >= 0.3 is 0 Å². The van der Waals surface area contributed by atoms with Crippen LogP contribution >= 0.6 is 0 Å². The third-order valence-electron chi connectivity index (χ3n) is 5.33. The van der Waals surface area contributed by atoms with Crippen molar-refractivity contribution in [3.63, 3.8) is 0 Å². The molecule has 8 nitrogen and oxygen atoms in total. The summed E-state index contributed by atoms with van der Waals surface area (Å²) in [4.78, 5) is 4.46. The quantitative estimate of drug-likeness (QED) is 0.684. The fourth-order valence-corrected chi connectivity index (χ4v) is 3.96. The molecule has 0 saturated heterocycles. The minimum atomic E-state index is -3.32. The number of hydrogen-bond donors (Lipinski definition) is 1. The number of anilines is 1. The molecule has 9 heteroatoms. The van der Waals surface area contributed by atoms with E-state index in [-0.39, 0.29) is 6.54 Å². The van der Waals surface area contributed by atoms with Crippen LogP contribution in [0.15, 0.2) is 30.3 Å². The van der Waals surface area contributed by atoms with Crippen molar-refractivity contribution in [2.45, 2.75) is 38.6 Å². The maximum absolute atomic E-state index is 12.0. The summed E-state index contributed by atoms with van der Waals surface area (Å²) in [7, 11) is 0.754. The minimum absolute atomic E-state index is 0.177. The number of rotatable bonds is 8. The van der Waals surface area contributed by atoms with E-state index in [4.69, 9.17) is 0 Å². The molecule has 1 aromatic heterocycles. The lowest BCUT2D eigenvalue weighted by Gasteiger charge is -2.17. The van der Waals surface area contributed by atoms with E-state index in [0.29, 0.717) is 5.82 Å². The van der Waals surface area contributed by atoms with Crippen molar-refractivity contribution in [3.8, 4) is 0 Å². The Balaban J connectivity index is 1.54. The molecule has 30 heavy (non-hydrogen) atoms. The van der Waals surface area contributed by atoms with E-state index in [1.807, 2.05) is 18.7 Å². The Bertz CT molecular complexity index is 964. The second-order valence-electron chi connectivity index (χ2n) is 8.04. The maximum atomic E-state index is 12.0. The Morgan fingerprint density at radius 1 is 1.13 bits per heavy atom. The highest BCUT2D eigenvalue weighted by Crippen LogP contribution is 2.14. The molecule has 2 aromatic rings. The normalized spacial score (nSPS) is 15.5. The van der Waals surface area contributed by atoms with Crippen molar-refractivity contribution in [3.05, 3.63) is 47.6 Å². The number of nitrogens with zero attached hydrogens (tertiary/aromatic N) is 5. The van der Waals surface area contributed by atoms with E-state index >= 15 is 0 Å². The maximum Gasteiger partial charge on any atom is 0.214 e. The number of sulfonamides is 1. The molecule has 0 saturated carbocycles. The van der Waals surface area contributed by atoms with E-state index in [1.54, 1.807) is 13.8 Å². The Morgan fingerprint density at radius 3 is 2.53 bits per heavy atom. The van der Waals surface area contributed by atoms with Crippen molar-refractivity contribution in [2.24, 2.45) is 0 Å². The first kappa shape index (κ1) is 22.5. The van der Waals surface area contributed by atoms with Crippen LogP contribution in [-0.4, -0.2) is 67.1 Å². The van der Waals surface area contributed by atoms with Gasteiger partial charge in [-0.3, -0.25) is 4.90 Å². The van der Waals surface area contributed by atoms with Crippen molar-refractivity contribution in [2.75, 3.05) is 38.6 Å². The summed E-state index contributed by atoms with van der Waals surface area (Å²) in [5.41, 5.74) is 2.38. The van der Waals surface area contributed by atoms with Gasteiger partial charge in [0.05, 0.1) is 11.8 Å². The Morgan fingerprint density at radius 2 is 1.87 bits per heavy atom. The predicted octanol–water partition coefficient (Wildman–Crippen LogP) is 1.74. The second-order valence-corrected chi connectivity index (χ2v) is 10.4.